The molecule has 2 aromatic rings. The zero-order chi connectivity index (χ0) is 14.7. The second kappa shape index (κ2) is 5.96. The van der Waals surface area contributed by atoms with Gasteiger partial charge in [-0.05, 0) is 38.2 Å². The number of likely N-dealkylation sites (N-methyl/N-ethyl adjacent to an activating group) is 1. The van der Waals surface area contributed by atoms with Crippen LogP contribution in [-0.2, 0) is 6.54 Å². The van der Waals surface area contributed by atoms with E-state index >= 15 is 0 Å². The van der Waals surface area contributed by atoms with E-state index in [1.807, 2.05) is 13.0 Å². The summed E-state index contributed by atoms with van der Waals surface area (Å²) in [6, 6.07) is 4.70. The van der Waals surface area contributed by atoms with Crippen molar-refractivity contribution in [1.82, 2.24) is 4.90 Å². The maximum absolute atomic E-state index is 13.5. The molecule has 0 amide bonds. The number of carbonyl (C=O) groups excluding carboxylic acids is 1. The molecule has 0 bridgehead atoms. The van der Waals surface area contributed by atoms with Gasteiger partial charge in [-0.15, -0.1) is 0 Å². The summed E-state index contributed by atoms with van der Waals surface area (Å²) in [6.07, 6.45) is 1.58. The van der Waals surface area contributed by atoms with Crippen molar-refractivity contribution in [2.24, 2.45) is 0 Å². The van der Waals surface area contributed by atoms with Crippen LogP contribution in [0.3, 0.4) is 0 Å². The molecule has 0 radical (unpaired) electrons. The van der Waals surface area contributed by atoms with Crippen LogP contribution < -0.4 is 0 Å². The third-order valence-corrected chi connectivity index (χ3v) is 3.05. The van der Waals surface area contributed by atoms with E-state index in [9.17, 15) is 13.6 Å². The molecule has 0 N–H and O–H groups in total. The molecular formula is C15H15F2NO2. The Kier molecular flexibility index (Phi) is 4.29. The van der Waals surface area contributed by atoms with Gasteiger partial charge in [0.15, 0.2) is 5.78 Å². The fourth-order valence-corrected chi connectivity index (χ4v) is 1.96. The van der Waals surface area contributed by atoms with Crippen molar-refractivity contribution in [2.45, 2.75) is 13.5 Å². The van der Waals surface area contributed by atoms with Crippen molar-refractivity contribution in [3.63, 3.8) is 0 Å². The topological polar surface area (TPSA) is 33.5 Å². The SMILES string of the molecule is Cc1occc1CN(C)CC(=O)c1cc(F)ccc1F. The molecule has 0 unspecified atom stereocenters. The summed E-state index contributed by atoms with van der Waals surface area (Å²) in [6.45, 7) is 2.34. The highest BCUT2D eigenvalue weighted by Crippen LogP contribution is 2.13. The number of ketones is 1. The number of benzene rings is 1. The van der Waals surface area contributed by atoms with E-state index in [0.717, 1.165) is 29.5 Å². The van der Waals surface area contributed by atoms with Crippen LogP contribution in [0.1, 0.15) is 21.7 Å². The van der Waals surface area contributed by atoms with Gasteiger partial charge in [-0.2, -0.15) is 0 Å². The first-order valence-electron chi connectivity index (χ1n) is 6.17. The van der Waals surface area contributed by atoms with Gasteiger partial charge >= 0.3 is 0 Å². The zero-order valence-electron chi connectivity index (χ0n) is 11.3. The van der Waals surface area contributed by atoms with Crippen molar-refractivity contribution in [3.8, 4) is 0 Å². The van der Waals surface area contributed by atoms with Crippen LogP contribution >= 0.6 is 0 Å². The summed E-state index contributed by atoms with van der Waals surface area (Å²) in [4.78, 5) is 13.7. The van der Waals surface area contributed by atoms with Gasteiger partial charge in [0.1, 0.15) is 17.4 Å². The number of hydrogen-bond acceptors (Lipinski definition) is 3. The van der Waals surface area contributed by atoms with Gasteiger partial charge in [0.25, 0.3) is 0 Å². The molecule has 20 heavy (non-hydrogen) atoms. The molecule has 3 nitrogen and oxygen atoms in total. The van der Waals surface area contributed by atoms with Crippen molar-refractivity contribution in [2.75, 3.05) is 13.6 Å². The van der Waals surface area contributed by atoms with Crippen LogP contribution in [0.2, 0.25) is 0 Å². The van der Waals surface area contributed by atoms with Crippen LogP contribution in [-0.4, -0.2) is 24.3 Å². The fourth-order valence-electron chi connectivity index (χ4n) is 1.96. The van der Waals surface area contributed by atoms with Gasteiger partial charge in [-0.1, -0.05) is 0 Å². The molecular weight excluding hydrogens is 264 g/mol. The monoisotopic (exact) mass is 279 g/mol. The van der Waals surface area contributed by atoms with Crippen molar-refractivity contribution in [1.29, 1.82) is 0 Å². The predicted octanol–water partition coefficient (Wildman–Crippen LogP) is 3.18. The van der Waals surface area contributed by atoms with Crippen molar-refractivity contribution in [3.05, 3.63) is 59.1 Å². The Bertz CT molecular complexity index is 622. The number of Topliss-reactive ketones (excluding diaryl/α,β-unsaturated/α-hetero) is 1. The summed E-state index contributed by atoms with van der Waals surface area (Å²) in [5, 5.41) is 0. The van der Waals surface area contributed by atoms with E-state index in [0.29, 0.717) is 6.54 Å². The first-order valence-corrected chi connectivity index (χ1v) is 6.17. The van der Waals surface area contributed by atoms with Crippen LogP contribution in [0.15, 0.2) is 34.9 Å². The number of nitrogens with zero attached hydrogens (tertiary/aromatic N) is 1. The average Bonchev–Trinajstić information content (AvgIpc) is 2.77. The van der Waals surface area contributed by atoms with Crippen LogP contribution in [0, 0.1) is 18.6 Å². The minimum atomic E-state index is -0.704. The quantitative estimate of drug-likeness (QED) is 0.788. The van der Waals surface area contributed by atoms with Crippen LogP contribution in [0.5, 0.6) is 0 Å². The smallest absolute Gasteiger partial charge is 0.179 e. The molecule has 0 aliphatic heterocycles. The van der Waals surface area contributed by atoms with Gasteiger partial charge < -0.3 is 4.42 Å². The lowest BCUT2D eigenvalue weighted by molar-refractivity contribution is 0.0938. The molecule has 0 aliphatic rings. The van der Waals surface area contributed by atoms with E-state index in [4.69, 9.17) is 4.42 Å². The Hall–Kier alpha value is -2.01. The number of halogens is 2. The Labute approximate surface area is 115 Å². The zero-order valence-corrected chi connectivity index (χ0v) is 11.3. The number of furan rings is 1. The lowest BCUT2D eigenvalue weighted by Crippen LogP contribution is -2.26. The Morgan fingerprint density at radius 1 is 1.30 bits per heavy atom. The molecule has 5 heteroatoms. The standard InChI is InChI=1S/C15H15F2NO2/c1-10-11(5-6-20-10)8-18(2)9-15(19)13-7-12(16)3-4-14(13)17/h3-7H,8-9H2,1-2H3. The highest BCUT2D eigenvalue weighted by molar-refractivity contribution is 5.97. The lowest BCUT2D eigenvalue weighted by Gasteiger charge is -2.15. The molecule has 2 rings (SSSR count). The minimum Gasteiger partial charge on any atom is -0.469 e. The molecule has 0 spiro atoms. The summed E-state index contributed by atoms with van der Waals surface area (Å²) in [5.41, 5.74) is 0.737. The van der Waals surface area contributed by atoms with Crippen LogP contribution in [0.4, 0.5) is 8.78 Å². The van der Waals surface area contributed by atoms with Gasteiger partial charge in [0.05, 0.1) is 18.4 Å². The third-order valence-electron chi connectivity index (χ3n) is 3.05. The Balaban J connectivity index is 2.04. The molecule has 0 saturated carbocycles. The van der Waals surface area contributed by atoms with E-state index in [-0.39, 0.29) is 12.1 Å². The second-order valence-electron chi connectivity index (χ2n) is 4.72. The number of rotatable bonds is 5. The number of carbonyl (C=O) groups is 1. The highest BCUT2D eigenvalue weighted by Gasteiger charge is 2.15. The highest BCUT2D eigenvalue weighted by atomic mass is 19.1. The molecule has 0 fully saturated rings. The first kappa shape index (κ1) is 14.4. The average molecular weight is 279 g/mol. The summed E-state index contributed by atoms with van der Waals surface area (Å²) < 4.78 is 31.7. The van der Waals surface area contributed by atoms with E-state index in [1.54, 1.807) is 18.2 Å². The Morgan fingerprint density at radius 2 is 2.05 bits per heavy atom. The largest absolute Gasteiger partial charge is 0.469 e. The van der Waals surface area contributed by atoms with Crippen molar-refractivity contribution >= 4 is 5.78 Å². The normalized spacial score (nSPS) is 11.1. The Morgan fingerprint density at radius 3 is 2.70 bits per heavy atom. The van der Waals surface area contributed by atoms with E-state index < -0.39 is 17.4 Å². The maximum Gasteiger partial charge on any atom is 0.179 e. The second-order valence-corrected chi connectivity index (χ2v) is 4.72. The van der Waals surface area contributed by atoms with Crippen LogP contribution in [0.25, 0.3) is 0 Å². The minimum absolute atomic E-state index is 0.00495. The number of aryl methyl sites for hydroxylation is 1. The maximum atomic E-state index is 13.5. The molecule has 106 valence electrons. The van der Waals surface area contributed by atoms with Gasteiger partial charge in [-0.25, -0.2) is 8.78 Å². The third kappa shape index (κ3) is 3.30. The van der Waals surface area contributed by atoms with Gasteiger partial charge in [0.2, 0.25) is 0 Å². The van der Waals surface area contributed by atoms with E-state index in [2.05, 4.69) is 0 Å². The lowest BCUT2D eigenvalue weighted by atomic mass is 10.1. The molecule has 1 aromatic heterocycles. The summed E-state index contributed by atoms with van der Waals surface area (Å²) in [5.74, 6) is -1.00. The van der Waals surface area contributed by atoms with Crippen molar-refractivity contribution < 1.29 is 18.0 Å². The summed E-state index contributed by atoms with van der Waals surface area (Å²) >= 11 is 0. The number of hydrogen-bond donors (Lipinski definition) is 0. The summed E-state index contributed by atoms with van der Waals surface area (Å²) in [7, 11) is 1.74. The molecule has 0 aliphatic carbocycles. The van der Waals surface area contributed by atoms with Gasteiger partial charge in [-0.3, -0.25) is 9.69 Å². The molecule has 0 saturated heterocycles. The van der Waals surface area contributed by atoms with E-state index in [1.165, 1.54) is 0 Å². The molecule has 1 aromatic carbocycles. The predicted molar refractivity (Wildman–Crippen MR) is 70.5 cm³/mol. The van der Waals surface area contributed by atoms with Gasteiger partial charge in [0, 0.05) is 12.1 Å². The molecule has 1 heterocycles. The first-order chi connectivity index (χ1) is 9.47. The molecule has 0 atom stereocenters. The fraction of sp³-hybridized carbons (Fsp3) is 0.267.